The maximum absolute atomic E-state index is 11.7. The van der Waals surface area contributed by atoms with Gasteiger partial charge in [0.2, 0.25) is 0 Å². The molecule has 0 amide bonds. The molecule has 0 aromatic heterocycles. The number of likely N-dealkylation sites (N-methyl/N-ethyl adjacent to an activating group) is 1. The fraction of sp³-hybridized carbons (Fsp3) is 1.00. The van der Waals surface area contributed by atoms with Gasteiger partial charge in [-0.25, -0.2) is 4.72 Å². The Balaban J connectivity index is 2.35. The molecule has 1 aliphatic carbocycles. The largest absolute Gasteiger partial charge is 0.316 e. The van der Waals surface area contributed by atoms with Crippen LogP contribution in [0.1, 0.15) is 19.8 Å². The van der Waals surface area contributed by atoms with Crippen molar-refractivity contribution >= 4 is 10.2 Å². The van der Waals surface area contributed by atoms with Crippen LogP contribution in [0.2, 0.25) is 0 Å². The van der Waals surface area contributed by atoms with E-state index < -0.39 is 10.2 Å². The monoisotopic (exact) mass is 235 g/mol. The summed E-state index contributed by atoms with van der Waals surface area (Å²) < 4.78 is 27.4. The Kier molecular flexibility index (Phi) is 4.51. The van der Waals surface area contributed by atoms with E-state index in [2.05, 4.69) is 10.0 Å². The highest BCUT2D eigenvalue weighted by atomic mass is 32.2. The van der Waals surface area contributed by atoms with Crippen molar-refractivity contribution in [1.82, 2.24) is 14.3 Å². The zero-order valence-corrected chi connectivity index (χ0v) is 10.5. The average Bonchev–Trinajstić information content (AvgIpc) is 2.98. The summed E-state index contributed by atoms with van der Waals surface area (Å²) in [6, 6.07) is 0.147. The molecule has 0 aromatic carbocycles. The van der Waals surface area contributed by atoms with Crippen molar-refractivity contribution in [1.29, 1.82) is 0 Å². The normalized spacial score (nSPS) is 19.5. The molecule has 1 aliphatic rings. The minimum atomic E-state index is -3.28. The first-order valence-electron chi connectivity index (χ1n) is 5.34. The van der Waals surface area contributed by atoms with Gasteiger partial charge in [-0.2, -0.15) is 12.7 Å². The molecule has 90 valence electrons. The molecule has 1 fully saturated rings. The zero-order valence-electron chi connectivity index (χ0n) is 9.66. The van der Waals surface area contributed by atoms with Gasteiger partial charge in [-0.1, -0.05) is 0 Å². The second kappa shape index (κ2) is 5.25. The third-order valence-corrected chi connectivity index (χ3v) is 4.19. The molecule has 0 aliphatic heterocycles. The van der Waals surface area contributed by atoms with Crippen molar-refractivity contribution in [3.8, 4) is 0 Å². The van der Waals surface area contributed by atoms with Crippen molar-refractivity contribution in [2.45, 2.75) is 25.8 Å². The van der Waals surface area contributed by atoms with Crippen LogP contribution in [0, 0.1) is 5.92 Å². The highest BCUT2D eigenvalue weighted by Crippen LogP contribution is 2.29. The standard InChI is InChI=1S/C9H21N3O2S/c1-8(10-2)6-11-15(13,14)12(3)7-9-4-5-9/h8-11H,4-7H2,1-3H3. The predicted octanol–water partition coefficient (Wildman–Crippen LogP) is -0.229. The van der Waals surface area contributed by atoms with E-state index in [1.807, 2.05) is 14.0 Å². The molecule has 6 heteroatoms. The summed E-state index contributed by atoms with van der Waals surface area (Å²) in [7, 11) is 0.165. The molecule has 0 aromatic rings. The van der Waals surface area contributed by atoms with Crippen LogP contribution in [0.3, 0.4) is 0 Å². The van der Waals surface area contributed by atoms with Crippen molar-refractivity contribution in [3.05, 3.63) is 0 Å². The molecule has 0 bridgehead atoms. The van der Waals surface area contributed by atoms with Gasteiger partial charge in [0.1, 0.15) is 0 Å². The summed E-state index contributed by atoms with van der Waals surface area (Å²) in [4.78, 5) is 0. The van der Waals surface area contributed by atoms with E-state index in [1.165, 1.54) is 4.31 Å². The van der Waals surface area contributed by atoms with E-state index in [-0.39, 0.29) is 6.04 Å². The average molecular weight is 235 g/mol. The second-order valence-corrected chi connectivity index (χ2v) is 6.13. The molecule has 0 heterocycles. The number of nitrogens with one attached hydrogen (secondary N) is 2. The van der Waals surface area contributed by atoms with Gasteiger partial charge in [-0.05, 0) is 32.7 Å². The Hall–Kier alpha value is -0.170. The van der Waals surface area contributed by atoms with Gasteiger partial charge < -0.3 is 5.32 Å². The summed E-state index contributed by atoms with van der Waals surface area (Å²) in [6.07, 6.45) is 2.32. The molecule has 0 saturated heterocycles. The van der Waals surface area contributed by atoms with Crippen LogP contribution in [0.4, 0.5) is 0 Å². The lowest BCUT2D eigenvalue weighted by Gasteiger charge is -2.19. The molecule has 15 heavy (non-hydrogen) atoms. The fourth-order valence-corrected chi connectivity index (χ4v) is 2.29. The number of hydrogen-bond acceptors (Lipinski definition) is 3. The lowest BCUT2D eigenvalue weighted by molar-refractivity contribution is 0.438. The van der Waals surface area contributed by atoms with Gasteiger partial charge in [0, 0.05) is 26.2 Å². The van der Waals surface area contributed by atoms with E-state index in [9.17, 15) is 8.42 Å². The summed E-state index contributed by atoms with van der Waals surface area (Å²) >= 11 is 0. The lowest BCUT2D eigenvalue weighted by atomic mass is 10.4. The van der Waals surface area contributed by atoms with Gasteiger partial charge >= 0.3 is 0 Å². The van der Waals surface area contributed by atoms with Crippen molar-refractivity contribution in [2.24, 2.45) is 5.92 Å². The number of hydrogen-bond donors (Lipinski definition) is 2. The molecular formula is C9H21N3O2S. The summed E-state index contributed by atoms with van der Waals surface area (Å²) in [5.74, 6) is 0.577. The smallest absolute Gasteiger partial charge is 0.279 e. The Bertz CT molecular complexity index is 288. The van der Waals surface area contributed by atoms with Crippen molar-refractivity contribution < 1.29 is 8.42 Å². The summed E-state index contributed by atoms with van der Waals surface area (Å²) in [5.41, 5.74) is 0. The third-order valence-electron chi connectivity index (χ3n) is 2.69. The van der Waals surface area contributed by atoms with Crippen LogP contribution in [0.15, 0.2) is 0 Å². The van der Waals surface area contributed by atoms with Crippen molar-refractivity contribution in [2.75, 3.05) is 27.2 Å². The van der Waals surface area contributed by atoms with Gasteiger partial charge in [0.15, 0.2) is 0 Å². The summed E-state index contributed by atoms with van der Waals surface area (Å²) in [6.45, 7) is 3.00. The van der Waals surface area contributed by atoms with Gasteiger partial charge in [0.25, 0.3) is 10.2 Å². The summed E-state index contributed by atoms with van der Waals surface area (Å²) in [5, 5.41) is 2.98. The maximum atomic E-state index is 11.7. The Labute approximate surface area is 92.4 Å². The molecule has 1 atom stereocenters. The van der Waals surface area contributed by atoms with Crippen LogP contribution in [-0.4, -0.2) is 45.9 Å². The van der Waals surface area contributed by atoms with Crippen LogP contribution >= 0.6 is 0 Å². The first-order chi connectivity index (χ1) is 6.95. The number of rotatable bonds is 7. The molecule has 0 radical (unpaired) electrons. The van der Waals surface area contributed by atoms with E-state index in [0.717, 1.165) is 12.8 Å². The quantitative estimate of drug-likeness (QED) is 0.641. The third kappa shape index (κ3) is 4.46. The van der Waals surface area contributed by atoms with Gasteiger partial charge in [-0.3, -0.25) is 0 Å². The lowest BCUT2D eigenvalue weighted by Crippen LogP contribution is -2.44. The highest BCUT2D eigenvalue weighted by molar-refractivity contribution is 7.87. The highest BCUT2D eigenvalue weighted by Gasteiger charge is 2.27. The van der Waals surface area contributed by atoms with E-state index in [4.69, 9.17) is 0 Å². The molecule has 1 unspecified atom stereocenters. The Morgan fingerprint density at radius 2 is 2.07 bits per heavy atom. The maximum Gasteiger partial charge on any atom is 0.279 e. The molecular weight excluding hydrogens is 214 g/mol. The predicted molar refractivity (Wildman–Crippen MR) is 60.8 cm³/mol. The van der Waals surface area contributed by atoms with E-state index in [1.54, 1.807) is 7.05 Å². The molecule has 1 rings (SSSR count). The van der Waals surface area contributed by atoms with E-state index in [0.29, 0.717) is 19.0 Å². The second-order valence-electron chi connectivity index (χ2n) is 4.27. The molecule has 0 spiro atoms. The number of nitrogens with zero attached hydrogens (tertiary/aromatic N) is 1. The Morgan fingerprint density at radius 3 is 2.53 bits per heavy atom. The topological polar surface area (TPSA) is 61.4 Å². The Morgan fingerprint density at radius 1 is 1.47 bits per heavy atom. The first kappa shape index (κ1) is 12.9. The molecule has 1 saturated carbocycles. The van der Waals surface area contributed by atoms with Gasteiger partial charge in [0.05, 0.1) is 0 Å². The van der Waals surface area contributed by atoms with Crippen LogP contribution in [-0.2, 0) is 10.2 Å². The van der Waals surface area contributed by atoms with Crippen LogP contribution in [0.5, 0.6) is 0 Å². The fourth-order valence-electron chi connectivity index (χ4n) is 1.20. The SMILES string of the molecule is CNC(C)CNS(=O)(=O)N(C)CC1CC1. The van der Waals surface area contributed by atoms with Crippen LogP contribution in [0.25, 0.3) is 0 Å². The van der Waals surface area contributed by atoms with Gasteiger partial charge in [-0.15, -0.1) is 0 Å². The minimum absolute atomic E-state index is 0.147. The van der Waals surface area contributed by atoms with Crippen LogP contribution < -0.4 is 10.0 Å². The first-order valence-corrected chi connectivity index (χ1v) is 6.78. The molecule has 2 N–H and O–H groups in total. The minimum Gasteiger partial charge on any atom is -0.316 e. The van der Waals surface area contributed by atoms with E-state index >= 15 is 0 Å². The van der Waals surface area contributed by atoms with Crippen molar-refractivity contribution in [3.63, 3.8) is 0 Å². The molecule has 5 nitrogen and oxygen atoms in total. The zero-order chi connectivity index (χ0) is 11.5.